The highest BCUT2D eigenvalue weighted by atomic mass is 15.0. The van der Waals surface area contributed by atoms with E-state index in [-0.39, 0.29) is 0 Å². The number of imidazole rings is 1. The number of aromatic nitrogens is 2. The lowest BCUT2D eigenvalue weighted by molar-refractivity contribution is 0.612. The van der Waals surface area contributed by atoms with E-state index in [1.165, 1.54) is 12.8 Å². The highest BCUT2D eigenvalue weighted by Crippen LogP contribution is 2.18. The lowest BCUT2D eigenvalue weighted by atomic mass is 10.2. The topological polar surface area (TPSA) is 40.7 Å². The molecule has 1 radical (unpaired) electrons. The summed E-state index contributed by atoms with van der Waals surface area (Å²) in [5.41, 5.74) is 0. The average Bonchev–Trinajstić information content (AvgIpc) is 2.59. The first-order valence-corrected chi connectivity index (χ1v) is 3.61. The third-order valence-corrected chi connectivity index (χ3v) is 1.86. The Balaban J connectivity index is 2.12. The maximum atomic E-state index is 4.12. The highest BCUT2D eigenvalue weighted by Gasteiger charge is 2.17. The van der Waals surface area contributed by atoms with E-state index in [0.29, 0.717) is 6.04 Å². The smallest absolute Gasteiger partial charge is 0.123 e. The van der Waals surface area contributed by atoms with Crippen molar-refractivity contribution in [3.8, 4) is 0 Å². The summed E-state index contributed by atoms with van der Waals surface area (Å²) in [5, 5.41) is 3.35. The van der Waals surface area contributed by atoms with Crippen LogP contribution < -0.4 is 5.32 Å². The minimum absolute atomic E-state index is 0.450. The standard InChI is InChI=1S/C7H10N3/c1-2-6(8-3-1)7-9-4-5-10-7/h4,6,8H,1-3H2,(H,9,10)/t6-/m0/s1. The van der Waals surface area contributed by atoms with Crippen LogP contribution in [0, 0.1) is 6.20 Å². The van der Waals surface area contributed by atoms with Crippen molar-refractivity contribution < 1.29 is 0 Å². The number of nitrogens with zero attached hydrogens (tertiary/aromatic N) is 1. The van der Waals surface area contributed by atoms with Gasteiger partial charge < -0.3 is 10.3 Å². The van der Waals surface area contributed by atoms with E-state index in [0.717, 1.165) is 12.4 Å². The predicted octanol–water partition coefficient (Wildman–Crippen LogP) is 0.634. The van der Waals surface area contributed by atoms with Gasteiger partial charge in [-0.25, -0.2) is 4.98 Å². The van der Waals surface area contributed by atoms with E-state index in [9.17, 15) is 0 Å². The summed E-state index contributed by atoms with van der Waals surface area (Å²) in [6.45, 7) is 1.12. The van der Waals surface area contributed by atoms with Gasteiger partial charge in [-0.15, -0.1) is 0 Å². The molecule has 1 aliphatic heterocycles. The first-order chi connectivity index (χ1) is 4.97. The molecule has 2 heterocycles. The molecule has 53 valence electrons. The van der Waals surface area contributed by atoms with Gasteiger partial charge in [0.05, 0.1) is 18.4 Å². The fourth-order valence-electron chi connectivity index (χ4n) is 1.34. The molecule has 0 aliphatic carbocycles. The molecular formula is C7H10N3. The molecular weight excluding hydrogens is 126 g/mol. The van der Waals surface area contributed by atoms with E-state index in [1.54, 1.807) is 6.20 Å². The van der Waals surface area contributed by atoms with Crippen LogP contribution in [0.2, 0.25) is 0 Å². The third-order valence-electron chi connectivity index (χ3n) is 1.86. The number of H-pyrrole nitrogens is 1. The summed E-state index contributed by atoms with van der Waals surface area (Å²) < 4.78 is 0. The summed E-state index contributed by atoms with van der Waals surface area (Å²) in [4.78, 5) is 7.11. The zero-order valence-electron chi connectivity index (χ0n) is 5.72. The molecule has 1 fully saturated rings. The van der Waals surface area contributed by atoms with E-state index >= 15 is 0 Å². The highest BCUT2D eigenvalue weighted by molar-refractivity contribution is 4.96. The Labute approximate surface area is 59.9 Å². The van der Waals surface area contributed by atoms with Crippen LogP contribution in [0.3, 0.4) is 0 Å². The van der Waals surface area contributed by atoms with Gasteiger partial charge in [-0.1, -0.05) is 0 Å². The van der Waals surface area contributed by atoms with Crippen LogP contribution in [-0.2, 0) is 0 Å². The van der Waals surface area contributed by atoms with Gasteiger partial charge in [-0.3, -0.25) is 0 Å². The number of rotatable bonds is 1. The van der Waals surface area contributed by atoms with Crippen LogP contribution >= 0.6 is 0 Å². The molecule has 0 unspecified atom stereocenters. The Morgan fingerprint density at radius 1 is 1.70 bits per heavy atom. The molecule has 0 aromatic carbocycles. The number of aromatic amines is 1. The molecule has 0 amide bonds. The molecule has 2 N–H and O–H groups in total. The monoisotopic (exact) mass is 136 g/mol. The van der Waals surface area contributed by atoms with Crippen molar-refractivity contribution in [2.24, 2.45) is 0 Å². The van der Waals surface area contributed by atoms with Crippen LogP contribution in [0.15, 0.2) is 6.20 Å². The second-order valence-electron chi connectivity index (χ2n) is 2.56. The lowest BCUT2D eigenvalue weighted by Crippen LogP contribution is -2.13. The Morgan fingerprint density at radius 2 is 2.70 bits per heavy atom. The molecule has 1 aliphatic rings. The summed E-state index contributed by atoms with van der Waals surface area (Å²) in [6, 6.07) is 0.450. The third kappa shape index (κ3) is 0.926. The zero-order valence-corrected chi connectivity index (χ0v) is 5.72. The van der Waals surface area contributed by atoms with Crippen molar-refractivity contribution in [3.05, 3.63) is 18.2 Å². The first kappa shape index (κ1) is 5.92. The van der Waals surface area contributed by atoms with Crippen LogP contribution in [0.5, 0.6) is 0 Å². The van der Waals surface area contributed by atoms with Crippen molar-refractivity contribution in [2.75, 3.05) is 6.54 Å². The van der Waals surface area contributed by atoms with Gasteiger partial charge >= 0.3 is 0 Å². The minimum atomic E-state index is 0.450. The fourth-order valence-corrected chi connectivity index (χ4v) is 1.34. The molecule has 2 rings (SSSR count). The molecule has 3 heteroatoms. The predicted molar refractivity (Wildman–Crippen MR) is 37.4 cm³/mol. The summed E-state index contributed by atoms with van der Waals surface area (Å²) in [5.74, 6) is 1.03. The summed E-state index contributed by atoms with van der Waals surface area (Å²) in [7, 11) is 0. The molecule has 0 bridgehead atoms. The SMILES string of the molecule is [c]1cnc([C@@H]2CCCN2)[nH]1. The average molecular weight is 136 g/mol. The number of nitrogens with one attached hydrogen (secondary N) is 2. The normalized spacial score (nSPS) is 25.4. The van der Waals surface area contributed by atoms with Crippen LogP contribution in [0.4, 0.5) is 0 Å². The van der Waals surface area contributed by atoms with E-state index in [2.05, 4.69) is 21.5 Å². The maximum Gasteiger partial charge on any atom is 0.123 e. The van der Waals surface area contributed by atoms with Crippen molar-refractivity contribution in [1.29, 1.82) is 0 Å². The second kappa shape index (κ2) is 2.42. The quantitative estimate of drug-likeness (QED) is 0.594. The number of hydrogen-bond acceptors (Lipinski definition) is 2. The van der Waals surface area contributed by atoms with Crippen molar-refractivity contribution >= 4 is 0 Å². The molecule has 1 aromatic rings. The molecule has 3 nitrogen and oxygen atoms in total. The van der Waals surface area contributed by atoms with Crippen LogP contribution in [-0.4, -0.2) is 16.5 Å². The Kier molecular flexibility index (Phi) is 1.43. The Bertz CT molecular complexity index is 187. The van der Waals surface area contributed by atoms with Gasteiger partial charge in [-0.05, 0) is 19.4 Å². The van der Waals surface area contributed by atoms with E-state index in [4.69, 9.17) is 0 Å². The largest absolute Gasteiger partial charge is 0.339 e. The molecule has 0 spiro atoms. The van der Waals surface area contributed by atoms with Crippen LogP contribution in [0.1, 0.15) is 24.7 Å². The fraction of sp³-hybridized carbons (Fsp3) is 0.571. The molecule has 1 atom stereocenters. The van der Waals surface area contributed by atoms with E-state index < -0.39 is 0 Å². The lowest BCUT2D eigenvalue weighted by Gasteiger charge is -2.03. The van der Waals surface area contributed by atoms with Gasteiger partial charge in [0.15, 0.2) is 0 Å². The van der Waals surface area contributed by atoms with Gasteiger partial charge in [0, 0.05) is 0 Å². The Hall–Kier alpha value is -0.830. The van der Waals surface area contributed by atoms with Crippen molar-refractivity contribution in [2.45, 2.75) is 18.9 Å². The minimum Gasteiger partial charge on any atom is -0.339 e. The number of hydrogen-bond donors (Lipinski definition) is 2. The molecule has 10 heavy (non-hydrogen) atoms. The van der Waals surface area contributed by atoms with Gasteiger partial charge in [0.2, 0.25) is 0 Å². The van der Waals surface area contributed by atoms with Gasteiger partial charge in [0.25, 0.3) is 0 Å². The second-order valence-corrected chi connectivity index (χ2v) is 2.56. The van der Waals surface area contributed by atoms with Gasteiger partial charge in [-0.2, -0.15) is 0 Å². The zero-order chi connectivity index (χ0) is 6.81. The van der Waals surface area contributed by atoms with Crippen LogP contribution in [0.25, 0.3) is 0 Å². The van der Waals surface area contributed by atoms with Crippen molar-refractivity contribution in [3.63, 3.8) is 0 Å². The van der Waals surface area contributed by atoms with E-state index in [1.807, 2.05) is 0 Å². The maximum absolute atomic E-state index is 4.12. The van der Waals surface area contributed by atoms with Crippen molar-refractivity contribution in [1.82, 2.24) is 15.3 Å². The summed E-state index contributed by atoms with van der Waals surface area (Å²) in [6.07, 6.45) is 6.96. The molecule has 0 saturated carbocycles. The molecule has 1 aromatic heterocycles. The Morgan fingerprint density at radius 3 is 3.30 bits per heavy atom. The first-order valence-electron chi connectivity index (χ1n) is 3.61. The summed E-state index contributed by atoms with van der Waals surface area (Å²) >= 11 is 0. The molecule has 1 saturated heterocycles. The van der Waals surface area contributed by atoms with Gasteiger partial charge in [0.1, 0.15) is 5.82 Å².